The maximum absolute atomic E-state index is 13.6. The number of carboxylic acid groups (broad SMARTS) is 1. The quantitative estimate of drug-likeness (QED) is 0.764. The van der Waals surface area contributed by atoms with Crippen LogP contribution in [0.2, 0.25) is 0 Å². The number of carbonyl (C=O) groups is 2. The summed E-state index contributed by atoms with van der Waals surface area (Å²) >= 11 is 3.11. The van der Waals surface area contributed by atoms with Crippen molar-refractivity contribution in [2.45, 2.75) is 32.2 Å². The molecule has 110 valence electrons. The van der Waals surface area contributed by atoms with Crippen molar-refractivity contribution in [1.82, 2.24) is 5.32 Å². The van der Waals surface area contributed by atoms with E-state index in [0.717, 1.165) is 0 Å². The normalized spacial score (nSPS) is 11.0. The molecule has 0 saturated carbocycles. The maximum Gasteiger partial charge on any atom is 0.329 e. The van der Waals surface area contributed by atoms with Gasteiger partial charge in [-0.1, -0.05) is 29.8 Å². The van der Waals surface area contributed by atoms with Crippen LogP contribution in [0.4, 0.5) is 14.9 Å². The molecule has 0 spiro atoms. The maximum atomic E-state index is 13.6. The largest absolute Gasteiger partial charge is 0.480 e. The smallest absolute Gasteiger partial charge is 0.329 e. The Balaban J connectivity index is 2.83. The van der Waals surface area contributed by atoms with E-state index in [1.807, 2.05) is 0 Å². The molecule has 0 saturated heterocycles. The van der Waals surface area contributed by atoms with Gasteiger partial charge < -0.3 is 15.7 Å². The lowest BCUT2D eigenvalue weighted by molar-refractivity contribution is -0.144. The van der Waals surface area contributed by atoms with Crippen LogP contribution in [0.5, 0.6) is 0 Å². The summed E-state index contributed by atoms with van der Waals surface area (Å²) in [6.07, 6.45) is 0.462. The summed E-state index contributed by atoms with van der Waals surface area (Å²) in [5, 5.41) is 13.9. The van der Waals surface area contributed by atoms with Crippen molar-refractivity contribution >= 4 is 33.6 Å². The van der Waals surface area contributed by atoms with Crippen molar-refractivity contribution in [1.29, 1.82) is 0 Å². The second kappa shape index (κ2) is 6.69. The molecule has 5 nitrogen and oxygen atoms in total. The number of carbonyl (C=O) groups excluding carboxylic acids is 1. The Kier molecular flexibility index (Phi) is 5.50. The average Bonchev–Trinajstić information content (AvgIpc) is 2.39. The van der Waals surface area contributed by atoms with Crippen LogP contribution in [-0.4, -0.2) is 22.6 Å². The molecule has 1 rings (SSSR count). The van der Waals surface area contributed by atoms with Gasteiger partial charge in [0.15, 0.2) is 0 Å². The Morgan fingerprint density at radius 1 is 1.35 bits per heavy atom. The highest BCUT2D eigenvalue weighted by molar-refractivity contribution is 9.10. The molecule has 3 N–H and O–H groups in total. The van der Waals surface area contributed by atoms with Crippen LogP contribution in [0.25, 0.3) is 0 Å². The Morgan fingerprint density at radius 3 is 2.40 bits per heavy atom. The number of benzene rings is 1. The number of rotatable bonds is 5. The first-order valence-electron chi connectivity index (χ1n) is 6.12. The van der Waals surface area contributed by atoms with Crippen LogP contribution in [0, 0.1) is 5.82 Å². The van der Waals surface area contributed by atoms with Gasteiger partial charge >= 0.3 is 12.0 Å². The highest BCUT2D eigenvalue weighted by Crippen LogP contribution is 2.20. The summed E-state index contributed by atoms with van der Waals surface area (Å²) in [5.41, 5.74) is -1.37. The first-order valence-corrected chi connectivity index (χ1v) is 6.91. The standard InChI is InChI=1S/C13H16BrFN2O3/c1-3-13(4-2,11(18)19)17-12(20)16-10-6-5-8(14)7-9(10)15/h5-7H,3-4H2,1-2H3,(H,18,19)(H2,16,17,20). The minimum Gasteiger partial charge on any atom is -0.480 e. The minimum absolute atomic E-state index is 0.0165. The zero-order valence-electron chi connectivity index (χ0n) is 11.2. The van der Waals surface area contributed by atoms with Crippen LogP contribution < -0.4 is 10.6 Å². The van der Waals surface area contributed by atoms with Gasteiger partial charge in [0.2, 0.25) is 0 Å². The summed E-state index contributed by atoms with van der Waals surface area (Å²) in [7, 11) is 0. The van der Waals surface area contributed by atoms with Crippen molar-refractivity contribution in [3.8, 4) is 0 Å². The molecule has 0 aliphatic heterocycles. The van der Waals surface area contributed by atoms with Crippen molar-refractivity contribution < 1.29 is 19.1 Å². The van der Waals surface area contributed by atoms with Crippen molar-refractivity contribution in [2.24, 2.45) is 0 Å². The van der Waals surface area contributed by atoms with Crippen molar-refractivity contribution in [2.75, 3.05) is 5.32 Å². The Labute approximate surface area is 124 Å². The minimum atomic E-state index is -1.35. The fourth-order valence-corrected chi connectivity index (χ4v) is 2.08. The topological polar surface area (TPSA) is 78.4 Å². The number of hydrogen-bond donors (Lipinski definition) is 3. The molecule has 2 amide bonds. The SMILES string of the molecule is CCC(CC)(NC(=O)Nc1ccc(Br)cc1F)C(=O)O. The third kappa shape index (κ3) is 3.69. The fourth-order valence-electron chi connectivity index (χ4n) is 1.74. The Hall–Kier alpha value is -1.63. The third-order valence-corrected chi connectivity index (χ3v) is 3.64. The van der Waals surface area contributed by atoms with E-state index >= 15 is 0 Å². The fraction of sp³-hybridized carbons (Fsp3) is 0.385. The van der Waals surface area contributed by atoms with E-state index in [4.69, 9.17) is 0 Å². The molecule has 0 aliphatic rings. The molecule has 1 aromatic rings. The third-order valence-electron chi connectivity index (χ3n) is 3.15. The molecule has 7 heteroatoms. The predicted octanol–water partition coefficient (Wildman–Crippen LogP) is 3.35. The second-order valence-corrected chi connectivity index (χ2v) is 5.21. The van der Waals surface area contributed by atoms with Gasteiger partial charge in [0.25, 0.3) is 0 Å². The summed E-state index contributed by atoms with van der Waals surface area (Å²) in [6.45, 7) is 3.33. The molecule has 0 aliphatic carbocycles. The predicted molar refractivity (Wildman–Crippen MR) is 77.2 cm³/mol. The lowest BCUT2D eigenvalue weighted by atomic mass is 9.93. The Morgan fingerprint density at radius 2 is 1.95 bits per heavy atom. The van der Waals surface area contributed by atoms with Crippen LogP contribution in [-0.2, 0) is 4.79 Å². The van der Waals surface area contributed by atoms with Crippen LogP contribution in [0.15, 0.2) is 22.7 Å². The number of carboxylic acids is 1. The summed E-state index contributed by atoms with van der Waals surface area (Å²) < 4.78 is 14.1. The average molecular weight is 347 g/mol. The zero-order chi connectivity index (χ0) is 15.3. The monoisotopic (exact) mass is 346 g/mol. The van der Waals surface area contributed by atoms with E-state index in [-0.39, 0.29) is 18.5 Å². The molecule has 0 atom stereocenters. The first-order chi connectivity index (χ1) is 9.34. The van der Waals surface area contributed by atoms with Crippen LogP contribution >= 0.6 is 15.9 Å². The van der Waals surface area contributed by atoms with Crippen molar-refractivity contribution in [3.63, 3.8) is 0 Å². The molecule has 20 heavy (non-hydrogen) atoms. The van der Waals surface area contributed by atoms with Gasteiger partial charge in [-0.25, -0.2) is 14.0 Å². The number of urea groups is 1. The molecule has 0 aromatic heterocycles. The van der Waals surface area contributed by atoms with Gasteiger partial charge in [-0.2, -0.15) is 0 Å². The molecule has 0 heterocycles. The number of anilines is 1. The van der Waals surface area contributed by atoms with Crippen LogP contribution in [0.3, 0.4) is 0 Å². The van der Waals surface area contributed by atoms with Gasteiger partial charge in [-0.15, -0.1) is 0 Å². The van der Waals surface area contributed by atoms with E-state index < -0.39 is 23.4 Å². The summed E-state index contributed by atoms with van der Waals surface area (Å²) in [5.74, 6) is -1.72. The Bertz CT molecular complexity index is 518. The number of hydrogen-bond acceptors (Lipinski definition) is 2. The summed E-state index contributed by atoms with van der Waals surface area (Å²) in [4.78, 5) is 23.1. The lowest BCUT2D eigenvalue weighted by Crippen LogP contribution is -2.55. The number of aliphatic carboxylic acids is 1. The molecule has 1 aromatic carbocycles. The molecule has 0 fully saturated rings. The highest BCUT2D eigenvalue weighted by atomic mass is 79.9. The molecule has 0 unspecified atom stereocenters. The van der Waals surface area contributed by atoms with Gasteiger partial charge in [-0.05, 0) is 31.0 Å². The first kappa shape index (κ1) is 16.4. The van der Waals surface area contributed by atoms with Gasteiger partial charge in [0, 0.05) is 4.47 Å². The number of nitrogens with one attached hydrogen (secondary N) is 2. The van der Waals surface area contributed by atoms with Crippen LogP contribution in [0.1, 0.15) is 26.7 Å². The van der Waals surface area contributed by atoms with E-state index in [2.05, 4.69) is 26.6 Å². The molecular formula is C13H16BrFN2O3. The zero-order valence-corrected chi connectivity index (χ0v) is 12.8. The second-order valence-electron chi connectivity index (χ2n) is 4.30. The number of amides is 2. The summed E-state index contributed by atoms with van der Waals surface area (Å²) in [6, 6.07) is 3.42. The van der Waals surface area contributed by atoms with E-state index in [0.29, 0.717) is 4.47 Å². The van der Waals surface area contributed by atoms with Gasteiger partial charge in [-0.3, -0.25) is 0 Å². The van der Waals surface area contributed by atoms with Gasteiger partial charge in [0.05, 0.1) is 5.69 Å². The highest BCUT2D eigenvalue weighted by Gasteiger charge is 2.36. The molecule has 0 radical (unpaired) electrons. The lowest BCUT2D eigenvalue weighted by Gasteiger charge is -2.28. The van der Waals surface area contributed by atoms with Crippen molar-refractivity contribution in [3.05, 3.63) is 28.5 Å². The number of halogens is 2. The van der Waals surface area contributed by atoms with E-state index in [9.17, 15) is 19.1 Å². The van der Waals surface area contributed by atoms with E-state index in [1.54, 1.807) is 19.9 Å². The molecule has 0 bridgehead atoms. The van der Waals surface area contributed by atoms with Gasteiger partial charge in [0.1, 0.15) is 11.4 Å². The van der Waals surface area contributed by atoms with E-state index in [1.165, 1.54) is 12.1 Å². The molecular weight excluding hydrogens is 331 g/mol.